The maximum absolute atomic E-state index is 11.3. The zero-order valence-electron chi connectivity index (χ0n) is 18.0. The molecule has 160 valence electrons. The first-order valence-corrected chi connectivity index (χ1v) is 10.4. The summed E-state index contributed by atoms with van der Waals surface area (Å²) in [6.45, 7) is 8.55. The number of amides is 1. The topological polar surface area (TPSA) is 69.2 Å². The number of nitrogens with one attached hydrogen (secondary N) is 2. The summed E-state index contributed by atoms with van der Waals surface area (Å²) in [5.41, 5.74) is 2.99. The van der Waals surface area contributed by atoms with Crippen LogP contribution in [0.2, 0.25) is 0 Å². The van der Waals surface area contributed by atoms with Gasteiger partial charge in [-0.05, 0) is 36.8 Å². The third kappa shape index (κ3) is 5.65. The van der Waals surface area contributed by atoms with Crippen LogP contribution in [0, 0.1) is 0 Å². The normalized spacial score (nSPS) is 14.4. The molecular weight excluding hydrogens is 378 g/mol. The van der Waals surface area contributed by atoms with E-state index in [1.165, 1.54) is 6.92 Å². The third-order valence-corrected chi connectivity index (χ3v) is 5.00. The van der Waals surface area contributed by atoms with Gasteiger partial charge in [-0.3, -0.25) is 4.79 Å². The first-order valence-electron chi connectivity index (χ1n) is 10.4. The average molecular weight is 410 g/mol. The lowest BCUT2D eigenvalue weighted by atomic mass is 10.2. The van der Waals surface area contributed by atoms with Crippen LogP contribution < -0.4 is 20.3 Å². The molecule has 30 heavy (non-hydrogen) atoms. The van der Waals surface area contributed by atoms with Crippen LogP contribution >= 0.6 is 0 Å². The van der Waals surface area contributed by atoms with E-state index < -0.39 is 0 Å². The molecule has 1 aliphatic rings. The second-order valence-electron chi connectivity index (χ2n) is 7.20. The average Bonchev–Trinajstić information content (AvgIpc) is 2.76. The summed E-state index contributed by atoms with van der Waals surface area (Å²) in [4.78, 5) is 20.8. The Kier molecular flexibility index (Phi) is 7.54. The van der Waals surface area contributed by atoms with Crippen molar-refractivity contribution in [1.82, 2.24) is 10.2 Å². The number of benzene rings is 2. The standard InChI is InChI=1S/C23H31N5O2/c1-4-24-23(25-17-19-8-7-9-20(16-19)26-18(2)29)28-14-12-27(13-15-28)21-10-5-6-11-22(21)30-3/h5-11,16H,4,12-15,17H2,1-3H3,(H,24,25)(H,26,29). The number of hydrogen-bond donors (Lipinski definition) is 2. The van der Waals surface area contributed by atoms with Gasteiger partial charge >= 0.3 is 0 Å². The van der Waals surface area contributed by atoms with E-state index >= 15 is 0 Å². The van der Waals surface area contributed by atoms with Gasteiger partial charge < -0.3 is 25.2 Å². The molecule has 2 aromatic carbocycles. The van der Waals surface area contributed by atoms with Gasteiger partial charge in [0.1, 0.15) is 5.75 Å². The van der Waals surface area contributed by atoms with Crippen molar-refractivity contribution in [2.45, 2.75) is 20.4 Å². The van der Waals surface area contributed by atoms with Gasteiger partial charge in [0.15, 0.2) is 5.96 Å². The summed E-state index contributed by atoms with van der Waals surface area (Å²) >= 11 is 0. The van der Waals surface area contributed by atoms with Crippen LogP contribution in [0.4, 0.5) is 11.4 Å². The van der Waals surface area contributed by atoms with E-state index in [9.17, 15) is 4.79 Å². The highest BCUT2D eigenvalue weighted by molar-refractivity contribution is 5.88. The Bertz CT molecular complexity index is 875. The highest BCUT2D eigenvalue weighted by Gasteiger charge is 2.21. The molecule has 1 aliphatic heterocycles. The van der Waals surface area contributed by atoms with Crippen LogP contribution in [0.3, 0.4) is 0 Å². The van der Waals surface area contributed by atoms with Gasteiger partial charge in [0.05, 0.1) is 19.3 Å². The fourth-order valence-corrected chi connectivity index (χ4v) is 3.59. The summed E-state index contributed by atoms with van der Waals surface area (Å²) < 4.78 is 5.52. The summed E-state index contributed by atoms with van der Waals surface area (Å²) in [6.07, 6.45) is 0. The molecule has 0 spiro atoms. The van der Waals surface area contributed by atoms with Gasteiger partial charge in [-0.2, -0.15) is 0 Å². The minimum absolute atomic E-state index is 0.0723. The Morgan fingerprint density at radius 1 is 1.10 bits per heavy atom. The van der Waals surface area contributed by atoms with Crippen molar-refractivity contribution in [2.24, 2.45) is 4.99 Å². The second-order valence-corrected chi connectivity index (χ2v) is 7.20. The minimum atomic E-state index is -0.0723. The summed E-state index contributed by atoms with van der Waals surface area (Å²) in [7, 11) is 1.71. The number of para-hydroxylation sites is 2. The molecule has 0 aliphatic carbocycles. The molecule has 0 radical (unpaired) electrons. The van der Waals surface area contributed by atoms with Crippen molar-refractivity contribution in [1.29, 1.82) is 0 Å². The molecule has 2 N–H and O–H groups in total. The van der Waals surface area contributed by atoms with E-state index in [0.717, 1.165) is 61.4 Å². The van der Waals surface area contributed by atoms with Crippen LogP contribution in [-0.4, -0.2) is 56.6 Å². The molecule has 1 heterocycles. The van der Waals surface area contributed by atoms with Crippen molar-refractivity contribution in [3.05, 3.63) is 54.1 Å². The first kappa shape index (κ1) is 21.5. The highest BCUT2D eigenvalue weighted by Crippen LogP contribution is 2.28. The van der Waals surface area contributed by atoms with Crippen LogP contribution in [-0.2, 0) is 11.3 Å². The Hall–Kier alpha value is -3.22. The van der Waals surface area contributed by atoms with Crippen molar-refractivity contribution in [3.8, 4) is 5.75 Å². The molecule has 0 unspecified atom stereocenters. The van der Waals surface area contributed by atoms with Gasteiger partial charge in [-0.1, -0.05) is 24.3 Å². The quantitative estimate of drug-likeness (QED) is 0.567. The monoisotopic (exact) mass is 409 g/mol. The molecule has 7 nitrogen and oxygen atoms in total. The molecular formula is C23H31N5O2. The number of hydrogen-bond acceptors (Lipinski definition) is 4. The smallest absolute Gasteiger partial charge is 0.221 e. The minimum Gasteiger partial charge on any atom is -0.495 e. The zero-order valence-corrected chi connectivity index (χ0v) is 18.0. The summed E-state index contributed by atoms with van der Waals surface area (Å²) in [5, 5.41) is 6.23. The fourth-order valence-electron chi connectivity index (χ4n) is 3.59. The fraction of sp³-hybridized carbons (Fsp3) is 0.391. The molecule has 2 aromatic rings. The summed E-state index contributed by atoms with van der Waals surface area (Å²) in [5.74, 6) is 1.75. The first-order chi connectivity index (χ1) is 14.6. The van der Waals surface area contributed by atoms with Crippen molar-refractivity contribution in [3.63, 3.8) is 0 Å². The Labute approximate surface area is 178 Å². The van der Waals surface area contributed by atoms with Gasteiger partial charge in [0.25, 0.3) is 0 Å². The number of ether oxygens (including phenoxy) is 1. The SMILES string of the molecule is CCNC(=NCc1cccc(NC(C)=O)c1)N1CCN(c2ccccc2OC)CC1. The molecule has 0 atom stereocenters. The molecule has 1 amide bonds. The van der Waals surface area contributed by atoms with Gasteiger partial charge in [0, 0.05) is 45.3 Å². The van der Waals surface area contributed by atoms with Crippen molar-refractivity contribution >= 4 is 23.2 Å². The number of anilines is 2. The molecule has 0 aromatic heterocycles. The van der Waals surface area contributed by atoms with E-state index in [4.69, 9.17) is 9.73 Å². The number of nitrogens with zero attached hydrogens (tertiary/aromatic N) is 3. The molecule has 1 saturated heterocycles. The van der Waals surface area contributed by atoms with Gasteiger partial charge in [-0.15, -0.1) is 0 Å². The highest BCUT2D eigenvalue weighted by atomic mass is 16.5. The second kappa shape index (κ2) is 10.5. The molecule has 1 fully saturated rings. The molecule has 0 saturated carbocycles. The van der Waals surface area contributed by atoms with Crippen LogP contribution in [0.15, 0.2) is 53.5 Å². The molecule has 7 heteroatoms. The molecule has 3 rings (SSSR count). The number of piperazine rings is 1. The number of aliphatic imine (C=N–C) groups is 1. The van der Waals surface area contributed by atoms with E-state index in [2.05, 4.69) is 33.4 Å². The maximum Gasteiger partial charge on any atom is 0.221 e. The number of methoxy groups -OCH3 is 1. The van der Waals surface area contributed by atoms with Crippen molar-refractivity contribution in [2.75, 3.05) is 50.1 Å². The van der Waals surface area contributed by atoms with Crippen LogP contribution in [0.25, 0.3) is 0 Å². The van der Waals surface area contributed by atoms with Gasteiger partial charge in [-0.25, -0.2) is 4.99 Å². The van der Waals surface area contributed by atoms with E-state index in [-0.39, 0.29) is 5.91 Å². The van der Waals surface area contributed by atoms with E-state index in [1.54, 1.807) is 7.11 Å². The van der Waals surface area contributed by atoms with Crippen LogP contribution in [0.5, 0.6) is 5.75 Å². The van der Waals surface area contributed by atoms with Crippen molar-refractivity contribution < 1.29 is 9.53 Å². The maximum atomic E-state index is 11.3. The Balaban J connectivity index is 1.65. The number of carbonyl (C=O) groups excluding carboxylic acids is 1. The van der Waals surface area contributed by atoms with Crippen LogP contribution in [0.1, 0.15) is 19.4 Å². The lowest BCUT2D eigenvalue weighted by Crippen LogP contribution is -2.52. The third-order valence-electron chi connectivity index (χ3n) is 5.00. The summed E-state index contributed by atoms with van der Waals surface area (Å²) in [6, 6.07) is 16.0. The lowest BCUT2D eigenvalue weighted by molar-refractivity contribution is -0.114. The Morgan fingerprint density at radius 2 is 1.87 bits per heavy atom. The predicted molar refractivity (Wildman–Crippen MR) is 122 cm³/mol. The largest absolute Gasteiger partial charge is 0.495 e. The number of rotatable bonds is 6. The van der Waals surface area contributed by atoms with Gasteiger partial charge in [0.2, 0.25) is 5.91 Å². The number of guanidine groups is 1. The Morgan fingerprint density at radius 3 is 2.57 bits per heavy atom. The predicted octanol–water partition coefficient (Wildman–Crippen LogP) is 2.94. The zero-order chi connectivity index (χ0) is 21.3. The number of carbonyl (C=O) groups is 1. The van der Waals surface area contributed by atoms with E-state index in [0.29, 0.717) is 6.54 Å². The lowest BCUT2D eigenvalue weighted by Gasteiger charge is -2.38. The van der Waals surface area contributed by atoms with E-state index in [1.807, 2.05) is 42.5 Å². The molecule has 0 bridgehead atoms.